The highest BCUT2D eigenvalue weighted by molar-refractivity contribution is 7.92. The van der Waals surface area contributed by atoms with E-state index >= 15 is 0 Å². The molecule has 0 saturated heterocycles. The number of para-hydroxylation sites is 1. The summed E-state index contributed by atoms with van der Waals surface area (Å²) in [4.78, 5) is 19.9. The maximum absolute atomic E-state index is 13.5. The van der Waals surface area contributed by atoms with E-state index in [0.717, 1.165) is 10.3 Å². The normalized spacial score (nSPS) is 11.8. The lowest BCUT2D eigenvalue weighted by molar-refractivity contribution is 0.0985. The largest absolute Gasteiger partial charge is 0.279 e. The first-order valence-corrected chi connectivity index (χ1v) is 12.8. The number of nitrogens with zero attached hydrogens (tertiary/aromatic N) is 2. The first kappa shape index (κ1) is 22.5. The Morgan fingerprint density at radius 2 is 1.69 bits per heavy atom. The minimum absolute atomic E-state index is 0.199. The van der Waals surface area contributed by atoms with Gasteiger partial charge in [0.25, 0.3) is 5.91 Å². The molecule has 8 heteroatoms. The van der Waals surface area contributed by atoms with E-state index < -0.39 is 15.1 Å². The summed E-state index contributed by atoms with van der Waals surface area (Å²) >= 11 is 7.69. The van der Waals surface area contributed by atoms with Crippen LogP contribution in [0.15, 0.2) is 77.7 Å². The molecule has 1 amide bonds. The molecule has 3 aromatic carbocycles. The average Bonchev–Trinajstić information content (AvgIpc) is 3.23. The van der Waals surface area contributed by atoms with Crippen LogP contribution < -0.4 is 4.90 Å². The second-order valence-electron chi connectivity index (χ2n) is 7.58. The van der Waals surface area contributed by atoms with Gasteiger partial charge in [0.15, 0.2) is 15.0 Å². The molecular weight excluding hydrogens is 464 g/mol. The van der Waals surface area contributed by atoms with Crippen molar-refractivity contribution in [3.63, 3.8) is 0 Å². The molecule has 0 radical (unpaired) electrons. The second-order valence-corrected chi connectivity index (χ2v) is 11.5. The number of anilines is 1. The number of carbonyl (C=O) groups excluding carboxylic acids is 1. The quantitative estimate of drug-likeness (QED) is 0.337. The number of halogens is 1. The standard InChI is InChI=1S/C24H21ClN2O3S2/c1-16(2)32(29,30)19-13-11-18(12-14-19)23(28)27(15-17-7-4-3-5-8-17)24-26-22-20(25)9-6-10-21(22)31-24/h3-14,16H,15H2,1-2H3. The van der Waals surface area contributed by atoms with Crippen molar-refractivity contribution in [2.75, 3.05) is 4.90 Å². The van der Waals surface area contributed by atoms with Gasteiger partial charge in [-0.15, -0.1) is 0 Å². The maximum atomic E-state index is 13.5. The Kier molecular flexibility index (Phi) is 6.33. The summed E-state index contributed by atoms with van der Waals surface area (Å²) in [6, 6.07) is 21.2. The summed E-state index contributed by atoms with van der Waals surface area (Å²) in [6.07, 6.45) is 0. The number of thiazole rings is 1. The number of benzene rings is 3. The van der Waals surface area contributed by atoms with Crippen molar-refractivity contribution in [2.24, 2.45) is 0 Å². The second kappa shape index (κ2) is 9.02. The molecule has 4 aromatic rings. The van der Waals surface area contributed by atoms with E-state index in [-0.39, 0.29) is 10.8 Å². The van der Waals surface area contributed by atoms with E-state index in [0.29, 0.717) is 27.8 Å². The molecule has 0 saturated carbocycles. The number of rotatable bonds is 6. The molecule has 0 spiro atoms. The van der Waals surface area contributed by atoms with E-state index in [1.807, 2.05) is 42.5 Å². The Balaban J connectivity index is 1.74. The third kappa shape index (κ3) is 4.41. The van der Waals surface area contributed by atoms with Gasteiger partial charge in [-0.05, 0) is 55.8 Å². The Morgan fingerprint density at radius 1 is 1.00 bits per heavy atom. The SMILES string of the molecule is CC(C)S(=O)(=O)c1ccc(C(=O)N(Cc2ccccc2)c2nc3c(Cl)cccc3s2)cc1. The van der Waals surface area contributed by atoms with Crippen LogP contribution in [-0.2, 0) is 16.4 Å². The fourth-order valence-corrected chi connectivity index (χ4v) is 5.55. The lowest BCUT2D eigenvalue weighted by atomic mass is 10.1. The molecule has 1 aromatic heterocycles. The van der Waals surface area contributed by atoms with Gasteiger partial charge in [-0.3, -0.25) is 9.69 Å². The minimum atomic E-state index is -3.41. The van der Waals surface area contributed by atoms with Crippen molar-refractivity contribution in [1.82, 2.24) is 4.98 Å². The van der Waals surface area contributed by atoms with Crippen molar-refractivity contribution >= 4 is 54.0 Å². The molecule has 0 aliphatic heterocycles. The van der Waals surface area contributed by atoms with Crippen molar-refractivity contribution in [3.05, 3.63) is 88.9 Å². The number of amides is 1. The zero-order chi connectivity index (χ0) is 22.9. The van der Waals surface area contributed by atoms with Crippen LogP contribution in [0.25, 0.3) is 10.2 Å². The van der Waals surface area contributed by atoms with Crippen LogP contribution in [0, 0.1) is 0 Å². The molecule has 0 N–H and O–H groups in total. The molecule has 0 fully saturated rings. The first-order chi connectivity index (χ1) is 15.3. The Morgan fingerprint density at radius 3 is 2.31 bits per heavy atom. The fraction of sp³-hybridized carbons (Fsp3) is 0.167. The van der Waals surface area contributed by atoms with Gasteiger partial charge < -0.3 is 0 Å². The van der Waals surface area contributed by atoms with Crippen LogP contribution in [0.3, 0.4) is 0 Å². The molecule has 0 aliphatic rings. The van der Waals surface area contributed by atoms with Crippen LogP contribution in [0.4, 0.5) is 5.13 Å². The molecule has 164 valence electrons. The maximum Gasteiger partial charge on any atom is 0.260 e. The number of aromatic nitrogens is 1. The van der Waals surface area contributed by atoms with Gasteiger partial charge in [-0.25, -0.2) is 13.4 Å². The van der Waals surface area contributed by atoms with Crippen LogP contribution in [0.1, 0.15) is 29.8 Å². The monoisotopic (exact) mass is 484 g/mol. The molecule has 0 unspecified atom stereocenters. The van der Waals surface area contributed by atoms with Gasteiger partial charge in [-0.2, -0.15) is 0 Å². The highest BCUT2D eigenvalue weighted by atomic mass is 35.5. The summed E-state index contributed by atoms with van der Waals surface area (Å²) in [7, 11) is -3.41. The molecule has 0 aliphatic carbocycles. The highest BCUT2D eigenvalue weighted by Crippen LogP contribution is 2.34. The summed E-state index contributed by atoms with van der Waals surface area (Å²) in [5.74, 6) is -0.266. The predicted molar refractivity (Wildman–Crippen MR) is 130 cm³/mol. The van der Waals surface area contributed by atoms with E-state index in [2.05, 4.69) is 4.98 Å². The van der Waals surface area contributed by atoms with Gasteiger partial charge >= 0.3 is 0 Å². The zero-order valence-electron chi connectivity index (χ0n) is 17.5. The predicted octanol–water partition coefficient (Wildman–Crippen LogP) is 5.98. The average molecular weight is 485 g/mol. The summed E-state index contributed by atoms with van der Waals surface area (Å²) in [6.45, 7) is 3.59. The molecule has 5 nitrogen and oxygen atoms in total. The lowest BCUT2D eigenvalue weighted by Crippen LogP contribution is -2.30. The van der Waals surface area contributed by atoms with Crippen LogP contribution in [-0.4, -0.2) is 24.6 Å². The number of hydrogen-bond acceptors (Lipinski definition) is 5. The van der Waals surface area contributed by atoms with Gasteiger partial charge in [0.05, 0.1) is 26.4 Å². The zero-order valence-corrected chi connectivity index (χ0v) is 19.9. The summed E-state index contributed by atoms with van der Waals surface area (Å²) in [5.41, 5.74) is 1.98. The minimum Gasteiger partial charge on any atom is -0.279 e. The van der Waals surface area contributed by atoms with E-state index in [9.17, 15) is 13.2 Å². The molecule has 0 bridgehead atoms. The Hall–Kier alpha value is -2.74. The van der Waals surface area contributed by atoms with Crippen LogP contribution >= 0.6 is 22.9 Å². The number of hydrogen-bond donors (Lipinski definition) is 0. The number of sulfone groups is 1. The van der Waals surface area contributed by atoms with Crippen molar-refractivity contribution < 1.29 is 13.2 Å². The van der Waals surface area contributed by atoms with Gasteiger partial charge in [0.2, 0.25) is 0 Å². The lowest BCUT2D eigenvalue weighted by Gasteiger charge is -2.20. The third-order valence-corrected chi connectivity index (χ3v) is 8.59. The van der Waals surface area contributed by atoms with E-state index in [1.54, 1.807) is 36.9 Å². The molecular formula is C24H21ClN2O3S2. The van der Waals surface area contributed by atoms with Gasteiger partial charge in [-0.1, -0.05) is 59.3 Å². The molecule has 0 atom stereocenters. The summed E-state index contributed by atoms with van der Waals surface area (Å²) in [5, 5.41) is 0.521. The van der Waals surface area contributed by atoms with Gasteiger partial charge in [0.1, 0.15) is 5.52 Å². The van der Waals surface area contributed by atoms with E-state index in [1.165, 1.54) is 23.5 Å². The molecule has 1 heterocycles. The fourth-order valence-electron chi connectivity index (χ4n) is 3.23. The van der Waals surface area contributed by atoms with Crippen LogP contribution in [0.5, 0.6) is 0 Å². The smallest absolute Gasteiger partial charge is 0.260 e. The molecule has 32 heavy (non-hydrogen) atoms. The Labute approximate surface area is 196 Å². The first-order valence-electron chi connectivity index (χ1n) is 10.0. The third-order valence-electron chi connectivity index (χ3n) is 5.07. The topological polar surface area (TPSA) is 67.3 Å². The number of fused-ring (bicyclic) bond motifs is 1. The van der Waals surface area contributed by atoms with Crippen molar-refractivity contribution in [1.29, 1.82) is 0 Å². The highest BCUT2D eigenvalue weighted by Gasteiger charge is 2.24. The molecule has 4 rings (SSSR count). The van der Waals surface area contributed by atoms with Crippen molar-refractivity contribution in [3.8, 4) is 0 Å². The van der Waals surface area contributed by atoms with E-state index in [4.69, 9.17) is 11.6 Å². The van der Waals surface area contributed by atoms with Gasteiger partial charge in [0, 0.05) is 5.56 Å². The number of carbonyl (C=O) groups is 1. The van der Waals surface area contributed by atoms with Crippen LogP contribution in [0.2, 0.25) is 5.02 Å². The Bertz CT molecular complexity index is 1370. The van der Waals surface area contributed by atoms with Crippen molar-refractivity contribution in [2.45, 2.75) is 30.5 Å². The summed E-state index contributed by atoms with van der Waals surface area (Å²) < 4.78 is 25.7.